The van der Waals surface area contributed by atoms with Crippen molar-refractivity contribution in [2.24, 2.45) is 0 Å². The van der Waals surface area contributed by atoms with Gasteiger partial charge in [0.05, 0.1) is 15.7 Å². The van der Waals surface area contributed by atoms with Gasteiger partial charge in [-0.25, -0.2) is 4.39 Å². The third-order valence-electron chi connectivity index (χ3n) is 6.19. The Kier molecular flexibility index (Phi) is 7.64. The number of aliphatic hydroxyl groups excluding tert-OH is 1. The molecule has 178 valence electrons. The number of piperidine rings is 1. The second-order valence-electron chi connectivity index (χ2n) is 8.54. The van der Waals surface area contributed by atoms with Crippen molar-refractivity contribution in [2.75, 3.05) is 18.4 Å². The number of likely N-dealkylation sites (tertiary alicyclic amines) is 1. The van der Waals surface area contributed by atoms with E-state index >= 15 is 0 Å². The van der Waals surface area contributed by atoms with Gasteiger partial charge in [-0.15, -0.1) is 0 Å². The number of anilines is 1. The number of amides is 1. The third kappa shape index (κ3) is 5.90. The lowest BCUT2D eigenvalue weighted by atomic mass is 10.0. The molecule has 2 fully saturated rings. The molecule has 33 heavy (non-hydrogen) atoms. The summed E-state index contributed by atoms with van der Waals surface area (Å²) in [7, 11) is 0. The second-order valence-corrected chi connectivity index (χ2v) is 9.36. The fourth-order valence-corrected chi connectivity index (χ4v) is 4.86. The number of carbonyl (C=O) groups is 1. The van der Waals surface area contributed by atoms with Crippen LogP contribution in [0.25, 0.3) is 0 Å². The summed E-state index contributed by atoms with van der Waals surface area (Å²) in [6.45, 7) is 2.96. The largest absolute Gasteiger partial charge is 0.490 e. The number of carbonyl (C=O) groups excluding carboxylic acids is 1. The molecule has 3 atom stereocenters. The molecule has 1 heterocycles. The third-order valence-corrected chi connectivity index (χ3v) is 6.93. The lowest BCUT2D eigenvalue weighted by Gasteiger charge is -2.37. The highest BCUT2D eigenvalue weighted by atomic mass is 35.5. The molecule has 2 aliphatic rings. The number of nitrogens with one attached hydrogen (secondary N) is 1. The Balaban J connectivity index is 1.32. The SMILES string of the molecule is CC(=O)Nc1ccc(F)cc1O[C@H]1CC[C@H](N2CCC(Oc3ccc(Cl)c(Cl)c3)CC2)[C@@H]1O. The van der Waals surface area contributed by atoms with Gasteiger partial charge in [0.25, 0.3) is 0 Å². The van der Waals surface area contributed by atoms with Gasteiger partial charge in [0.2, 0.25) is 5.91 Å². The van der Waals surface area contributed by atoms with Crippen LogP contribution in [0.5, 0.6) is 11.5 Å². The average Bonchev–Trinajstić information content (AvgIpc) is 3.13. The molecule has 0 radical (unpaired) electrons. The van der Waals surface area contributed by atoms with Crippen molar-refractivity contribution in [1.29, 1.82) is 0 Å². The zero-order chi connectivity index (χ0) is 23.5. The van der Waals surface area contributed by atoms with Crippen LogP contribution >= 0.6 is 23.2 Å². The molecule has 2 aromatic carbocycles. The molecule has 6 nitrogen and oxygen atoms in total. The van der Waals surface area contributed by atoms with E-state index in [4.69, 9.17) is 32.7 Å². The van der Waals surface area contributed by atoms with E-state index in [1.54, 1.807) is 12.1 Å². The molecule has 1 saturated heterocycles. The van der Waals surface area contributed by atoms with E-state index in [1.807, 2.05) is 6.07 Å². The molecule has 0 bridgehead atoms. The fraction of sp³-hybridized carbons (Fsp3) is 0.458. The van der Waals surface area contributed by atoms with Gasteiger partial charge in [0.15, 0.2) is 0 Å². The first kappa shape index (κ1) is 24.1. The number of hydrogen-bond acceptors (Lipinski definition) is 5. The zero-order valence-electron chi connectivity index (χ0n) is 18.3. The summed E-state index contributed by atoms with van der Waals surface area (Å²) in [6.07, 6.45) is 1.94. The average molecular weight is 497 g/mol. The number of aliphatic hydroxyl groups is 1. The van der Waals surface area contributed by atoms with Crippen LogP contribution in [-0.2, 0) is 4.79 Å². The van der Waals surface area contributed by atoms with Gasteiger partial charge < -0.3 is 19.9 Å². The minimum atomic E-state index is -0.717. The quantitative estimate of drug-likeness (QED) is 0.594. The van der Waals surface area contributed by atoms with Gasteiger partial charge >= 0.3 is 0 Å². The van der Waals surface area contributed by atoms with Crippen molar-refractivity contribution in [3.8, 4) is 11.5 Å². The maximum Gasteiger partial charge on any atom is 0.221 e. The summed E-state index contributed by atoms with van der Waals surface area (Å²) in [5.74, 6) is 0.181. The summed E-state index contributed by atoms with van der Waals surface area (Å²) < 4.78 is 25.8. The van der Waals surface area contributed by atoms with Gasteiger partial charge in [0, 0.05) is 38.2 Å². The van der Waals surface area contributed by atoms with Gasteiger partial charge in [-0.3, -0.25) is 9.69 Å². The number of hydrogen-bond donors (Lipinski definition) is 2. The lowest BCUT2D eigenvalue weighted by molar-refractivity contribution is -0.114. The van der Waals surface area contributed by atoms with E-state index in [0.717, 1.165) is 32.4 Å². The van der Waals surface area contributed by atoms with Crippen LogP contribution in [0.15, 0.2) is 36.4 Å². The zero-order valence-corrected chi connectivity index (χ0v) is 19.8. The van der Waals surface area contributed by atoms with Crippen LogP contribution in [-0.4, -0.2) is 53.4 Å². The normalized spacial score (nSPS) is 24.0. The van der Waals surface area contributed by atoms with E-state index in [0.29, 0.717) is 27.9 Å². The molecule has 0 unspecified atom stereocenters. The summed E-state index contributed by atoms with van der Waals surface area (Å²) in [5, 5.41) is 14.6. The number of nitrogens with zero attached hydrogens (tertiary/aromatic N) is 1. The van der Waals surface area contributed by atoms with Crippen molar-refractivity contribution >= 4 is 34.8 Å². The Morgan fingerprint density at radius 1 is 1.06 bits per heavy atom. The number of rotatable bonds is 6. The molecular weight excluding hydrogens is 470 g/mol. The Bertz CT molecular complexity index is 1000. The molecule has 2 N–H and O–H groups in total. The van der Waals surface area contributed by atoms with Crippen molar-refractivity contribution in [2.45, 2.75) is 57.0 Å². The predicted molar refractivity (Wildman–Crippen MR) is 126 cm³/mol. The smallest absolute Gasteiger partial charge is 0.221 e. The van der Waals surface area contributed by atoms with Gasteiger partial charge in [-0.2, -0.15) is 0 Å². The van der Waals surface area contributed by atoms with E-state index in [9.17, 15) is 14.3 Å². The standard InChI is InChI=1S/C24H27Cl2FN2O4/c1-14(30)28-20-5-2-15(27)12-23(20)33-22-7-6-21(24(22)31)29-10-8-16(9-11-29)32-17-3-4-18(25)19(26)13-17/h2-5,12-13,16,21-22,24,31H,6-11H2,1H3,(H,28,30)/t21-,22-,24-/m0/s1. The molecule has 9 heteroatoms. The molecule has 0 aromatic heterocycles. The van der Waals surface area contributed by atoms with Gasteiger partial charge in [-0.1, -0.05) is 23.2 Å². The topological polar surface area (TPSA) is 71.0 Å². The first-order chi connectivity index (χ1) is 15.8. The minimum absolute atomic E-state index is 0.0429. The van der Waals surface area contributed by atoms with E-state index in [2.05, 4.69) is 10.2 Å². The Labute approximate surface area is 202 Å². The molecule has 1 aliphatic heterocycles. The van der Waals surface area contributed by atoms with Crippen LogP contribution in [0.2, 0.25) is 10.0 Å². The summed E-state index contributed by atoms with van der Waals surface area (Å²) in [5.41, 5.74) is 0.389. The molecule has 4 rings (SSSR count). The second kappa shape index (κ2) is 10.5. The number of benzene rings is 2. The molecule has 2 aromatic rings. The van der Waals surface area contributed by atoms with Gasteiger partial charge in [0.1, 0.15) is 35.6 Å². The molecule has 0 spiro atoms. The van der Waals surface area contributed by atoms with Gasteiger partial charge in [-0.05, 0) is 49.9 Å². The highest BCUT2D eigenvalue weighted by Gasteiger charge is 2.41. The first-order valence-electron chi connectivity index (χ1n) is 11.1. The molecule has 1 aliphatic carbocycles. The van der Waals surface area contributed by atoms with Crippen molar-refractivity contribution < 1.29 is 23.8 Å². The molecule has 1 amide bonds. The van der Waals surface area contributed by atoms with E-state index < -0.39 is 18.0 Å². The molecule has 1 saturated carbocycles. The van der Waals surface area contributed by atoms with Crippen LogP contribution < -0.4 is 14.8 Å². The predicted octanol–water partition coefficient (Wildman–Crippen LogP) is 4.91. The Hall–Kier alpha value is -2.06. The van der Waals surface area contributed by atoms with Crippen LogP contribution in [0.4, 0.5) is 10.1 Å². The maximum atomic E-state index is 13.8. The van der Waals surface area contributed by atoms with Crippen molar-refractivity contribution in [1.82, 2.24) is 4.90 Å². The van der Waals surface area contributed by atoms with E-state index in [-0.39, 0.29) is 23.8 Å². The summed E-state index contributed by atoms with van der Waals surface area (Å²) in [4.78, 5) is 13.7. The minimum Gasteiger partial charge on any atom is -0.490 e. The maximum absolute atomic E-state index is 13.8. The lowest BCUT2D eigenvalue weighted by Crippen LogP contribution is -2.49. The van der Waals surface area contributed by atoms with Crippen LogP contribution in [0, 0.1) is 5.82 Å². The van der Waals surface area contributed by atoms with Crippen molar-refractivity contribution in [3.05, 3.63) is 52.3 Å². The van der Waals surface area contributed by atoms with Crippen LogP contribution in [0.3, 0.4) is 0 Å². The fourth-order valence-electron chi connectivity index (χ4n) is 4.57. The van der Waals surface area contributed by atoms with Crippen LogP contribution in [0.1, 0.15) is 32.6 Å². The van der Waals surface area contributed by atoms with Crippen molar-refractivity contribution in [3.63, 3.8) is 0 Å². The highest BCUT2D eigenvalue weighted by molar-refractivity contribution is 6.42. The first-order valence-corrected chi connectivity index (χ1v) is 11.8. The Morgan fingerprint density at radius 2 is 1.82 bits per heavy atom. The molecular formula is C24H27Cl2FN2O4. The Morgan fingerprint density at radius 3 is 2.52 bits per heavy atom. The highest BCUT2D eigenvalue weighted by Crippen LogP contribution is 2.34. The monoisotopic (exact) mass is 496 g/mol. The number of halogens is 3. The number of ether oxygens (including phenoxy) is 2. The summed E-state index contributed by atoms with van der Waals surface area (Å²) >= 11 is 12.0. The summed E-state index contributed by atoms with van der Waals surface area (Å²) in [6, 6.07) is 9.17. The van der Waals surface area contributed by atoms with E-state index in [1.165, 1.54) is 25.1 Å².